The van der Waals surface area contributed by atoms with Gasteiger partial charge >= 0.3 is 0 Å². The summed E-state index contributed by atoms with van der Waals surface area (Å²) < 4.78 is 6.43. The average molecular weight is 433 g/mol. The summed E-state index contributed by atoms with van der Waals surface area (Å²) in [6.45, 7) is 3.58. The number of nitrogens with zero attached hydrogens (tertiary/aromatic N) is 2. The molecule has 3 aliphatic rings. The van der Waals surface area contributed by atoms with Crippen LogP contribution in [0, 0.1) is 0 Å². The number of likely N-dealkylation sites (tertiary alicyclic amines) is 1. The second kappa shape index (κ2) is 9.76. The Hall–Kier alpha value is -2.17. The van der Waals surface area contributed by atoms with Gasteiger partial charge in [-0.1, -0.05) is 60.7 Å². The average Bonchev–Trinajstić information content (AvgIpc) is 3.68. The van der Waals surface area contributed by atoms with Crippen molar-refractivity contribution in [3.05, 3.63) is 71.8 Å². The summed E-state index contributed by atoms with van der Waals surface area (Å²) in [6.07, 6.45) is 8.30. The number of benzene rings is 2. The number of aryl methyl sites for hydroxylation is 1. The molecule has 1 atom stereocenters. The van der Waals surface area contributed by atoms with E-state index in [0.29, 0.717) is 18.4 Å². The third-order valence-corrected chi connectivity index (χ3v) is 7.66. The van der Waals surface area contributed by atoms with Crippen LogP contribution in [0.4, 0.5) is 0 Å². The number of carbonyl (C=O) groups is 1. The fraction of sp³-hybridized carbons (Fsp3) is 0.536. The highest BCUT2D eigenvalue weighted by atomic mass is 16.5. The van der Waals surface area contributed by atoms with Gasteiger partial charge in [0, 0.05) is 44.7 Å². The molecule has 3 fully saturated rings. The fourth-order valence-corrected chi connectivity index (χ4v) is 5.61. The minimum atomic E-state index is -0.0387. The lowest BCUT2D eigenvalue weighted by Crippen LogP contribution is -2.54. The van der Waals surface area contributed by atoms with Crippen molar-refractivity contribution in [2.45, 2.75) is 75.6 Å². The molecule has 2 aromatic rings. The molecule has 1 spiro atoms. The molecule has 1 saturated carbocycles. The number of rotatable bonds is 7. The molecule has 2 saturated heterocycles. The molecule has 1 amide bonds. The van der Waals surface area contributed by atoms with Gasteiger partial charge in [-0.3, -0.25) is 9.69 Å². The molecule has 0 unspecified atom stereocenters. The first-order valence-electron chi connectivity index (χ1n) is 12.5. The van der Waals surface area contributed by atoms with Gasteiger partial charge in [-0.15, -0.1) is 0 Å². The van der Waals surface area contributed by atoms with Crippen molar-refractivity contribution < 1.29 is 9.53 Å². The van der Waals surface area contributed by atoms with Gasteiger partial charge in [-0.05, 0) is 56.1 Å². The summed E-state index contributed by atoms with van der Waals surface area (Å²) in [5, 5.41) is 0. The molecule has 5 rings (SSSR count). The van der Waals surface area contributed by atoms with E-state index >= 15 is 0 Å². The molecular weight excluding hydrogens is 396 g/mol. The Morgan fingerprint density at radius 2 is 1.56 bits per heavy atom. The van der Waals surface area contributed by atoms with Crippen LogP contribution < -0.4 is 0 Å². The van der Waals surface area contributed by atoms with E-state index in [-0.39, 0.29) is 5.60 Å². The van der Waals surface area contributed by atoms with Crippen LogP contribution in [0.2, 0.25) is 0 Å². The van der Waals surface area contributed by atoms with Gasteiger partial charge in [-0.25, -0.2) is 0 Å². The van der Waals surface area contributed by atoms with Gasteiger partial charge < -0.3 is 9.64 Å². The molecule has 0 bridgehead atoms. The first kappa shape index (κ1) is 21.7. The van der Waals surface area contributed by atoms with Gasteiger partial charge in [0.1, 0.15) is 0 Å². The van der Waals surface area contributed by atoms with E-state index in [4.69, 9.17) is 4.74 Å². The van der Waals surface area contributed by atoms with E-state index in [1.165, 1.54) is 24.0 Å². The van der Waals surface area contributed by atoms with Crippen molar-refractivity contribution in [1.29, 1.82) is 0 Å². The van der Waals surface area contributed by atoms with E-state index in [1.807, 2.05) is 18.2 Å². The number of piperidine rings is 1. The highest BCUT2D eigenvalue weighted by molar-refractivity contribution is 5.76. The second-order valence-electron chi connectivity index (χ2n) is 9.93. The van der Waals surface area contributed by atoms with Gasteiger partial charge in [0.05, 0.1) is 5.60 Å². The number of hydrogen-bond donors (Lipinski definition) is 0. The zero-order valence-corrected chi connectivity index (χ0v) is 19.1. The van der Waals surface area contributed by atoms with Crippen molar-refractivity contribution in [3.8, 4) is 0 Å². The van der Waals surface area contributed by atoms with E-state index in [2.05, 4.69) is 52.3 Å². The SMILES string of the molecule is O=C(CCc1ccccc1)N1CCC2(CC1)C[C@@H](N(Cc1ccccc1)C1CC1)CCO2. The Kier molecular flexibility index (Phi) is 6.61. The normalized spacial score (nSPS) is 22.9. The molecule has 4 nitrogen and oxygen atoms in total. The summed E-state index contributed by atoms with van der Waals surface area (Å²) in [5.74, 6) is 0.291. The van der Waals surface area contributed by atoms with Gasteiger partial charge in [0.15, 0.2) is 0 Å². The van der Waals surface area contributed by atoms with Crippen LogP contribution in [0.25, 0.3) is 0 Å². The summed E-state index contributed by atoms with van der Waals surface area (Å²) in [5.41, 5.74) is 2.62. The molecule has 2 aromatic carbocycles. The van der Waals surface area contributed by atoms with Gasteiger partial charge in [0.2, 0.25) is 5.91 Å². The summed E-state index contributed by atoms with van der Waals surface area (Å²) in [7, 11) is 0. The largest absolute Gasteiger partial charge is 0.375 e. The lowest BCUT2D eigenvalue weighted by molar-refractivity contribution is -0.150. The number of hydrogen-bond acceptors (Lipinski definition) is 3. The Morgan fingerprint density at radius 1 is 0.906 bits per heavy atom. The third kappa shape index (κ3) is 5.24. The molecule has 0 radical (unpaired) electrons. The maximum atomic E-state index is 12.8. The van der Waals surface area contributed by atoms with Crippen molar-refractivity contribution in [3.63, 3.8) is 0 Å². The van der Waals surface area contributed by atoms with E-state index in [1.54, 1.807) is 0 Å². The smallest absolute Gasteiger partial charge is 0.222 e. The van der Waals surface area contributed by atoms with Gasteiger partial charge in [-0.2, -0.15) is 0 Å². The van der Waals surface area contributed by atoms with E-state index < -0.39 is 0 Å². The molecule has 170 valence electrons. The van der Waals surface area contributed by atoms with Crippen LogP contribution in [0.3, 0.4) is 0 Å². The molecule has 0 aromatic heterocycles. The van der Waals surface area contributed by atoms with Crippen LogP contribution >= 0.6 is 0 Å². The van der Waals surface area contributed by atoms with E-state index in [9.17, 15) is 4.79 Å². The Morgan fingerprint density at radius 3 is 2.22 bits per heavy atom. The third-order valence-electron chi connectivity index (χ3n) is 7.66. The maximum absolute atomic E-state index is 12.8. The van der Waals surface area contributed by atoms with Crippen LogP contribution in [0.15, 0.2) is 60.7 Å². The standard InChI is InChI=1S/C28H36N2O2/c31-27(14-11-23-7-3-1-4-8-23)29-18-16-28(17-19-29)21-26(15-20-32-28)30(25-12-13-25)22-24-9-5-2-6-10-24/h1-10,25-26H,11-22H2/t26-/m0/s1. The van der Waals surface area contributed by atoms with Crippen molar-refractivity contribution in [2.24, 2.45) is 0 Å². The van der Waals surface area contributed by atoms with Crippen LogP contribution in [0.5, 0.6) is 0 Å². The lowest BCUT2D eigenvalue weighted by Gasteiger charge is -2.48. The van der Waals surface area contributed by atoms with Crippen molar-refractivity contribution in [1.82, 2.24) is 9.80 Å². The first-order chi connectivity index (χ1) is 15.7. The molecular formula is C28H36N2O2. The fourth-order valence-electron chi connectivity index (χ4n) is 5.61. The number of ether oxygens (including phenoxy) is 1. The Bertz CT molecular complexity index is 873. The molecule has 2 heterocycles. The number of amides is 1. The highest BCUT2D eigenvalue weighted by Crippen LogP contribution is 2.40. The van der Waals surface area contributed by atoms with Crippen molar-refractivity contribution >= 4 is 5.91 Å². The lowest BCUT2D eigenvalue weighted by atomic mass is 9.81. The zero-order chi connectivity index (χ0) is 21.8. The Balaban J connectivity index is 1.16. The van der Waals surface area contributed by atoms with Crippen LogP contribution in [-0.2, 0) is 22.5 Å². The topological polar surface area (TPSA) is 32.8 Å². The summed E-state index contributed by atoms with van der Waals surface area (Å²) in [4.78, 5) is 17.6. The van der Waals surface area contributed by atoms with Gasteiger partial charge in [0.25, 0.3) is 0 Å². The maximum Gasteiger partial charge on any atom is 0.222 e. The number of carbonyl (C=O) groups excluding carboxylic acids is 1. The molecule has 1 aliphatic carbocycles. The second-order valence-corrected chi connectivity index (χ2v) is 9.93. The van der Waals surface area contributed by atoms with Crippen LogP contribution in [0.1, 0.15) is 56.1 Å². The summed E-state index contributed by atoms with van der Waals surface area (Å²) >= 11 is 0. The molecule has 2 aliphatic heterocycles. The molecule has 4 heteroatoms. The van der Waals surface area contributed by atoms with Crippen LogP contribution in [-0.4, -0.2) is 53.1 Å². The monoisotopic (exact) mass is 432 g/mol. The Labute approximate surface area is 192 Å². The zero-order valence-electron chi connectivity index (χ0n) is 19.1. The highest BCUT2D eigenvalue weighted by Gasteiger charge is 2.44. The predicted molar refractivity (Wildman–Crippen MR) is 127 cm³/mol. The quantitative estimate of drug-likeness (QED) is 0.629. The first-order valence-corrected chi connectivity index (χ1v) is 12.5. The van der Waals surface area contributed by atoms with Crippen molar-refractivity contribution in [2.75, 3.05) is 19.7 Å². The predicted octanol–water partition coefficient (Wildman–Crippen LogP) is 4.82. The molecule has 0 N–H and O–H groups in total. The minimum Gasteiger partial charge on any atom is -0.375 e. The molecule has 32 heavy (non-hydrogen) atoms. The minimum absolute atomic E-state index is 0.0387. The summed E-state index contributed by atoms with van der Waals surface area (Å²) in [6, 6.07) is 22.6. The van der Waals surface area contributed by atoms with E-state index in [0.717, 1.165) is 64.4 Å².